The number of aryl methyl sites for hydroxylation is 1. The van der Waals surface area contributed by atoms with Gasteiger partial charge in [-0.1, -0.05) is 0 Å². The van der Waals surface area contributed by atoms with E-state index in [0.717, 1.165) is 0 Å². The van der Waals surface area contributed by atoms with E-state index < -0.39 is 0 Å². The van der Waals surface area contributed by atoms with Gasteiger partial charge in [0.1, 0.15) is 12.7 Å². The standard InChI is InChI=1S/C12H16N6O/c1-8(5-18-7-13-6-15-18)16-12-14-4-11(10(3)19)9(2)17-12/h4,6-8H,5H2,1-3H3,(H,14,16,17)/t8-/m0/s1. The molecule has 0 saturated heterocycles. The van der Waals surface area contributed by atoms with Gasteiger partial charge in [-0.2, -0.15) is 5.10 Å². The summed E-state index contributed by atoms with van der Waals surface area (Å²) in [6.07, 6.45) is 4.70. The predicted octanol–water partition coefficient (Wildman–Crippen LogP) is 1.08. The summed E-state index contributed by atoms with van der Waals surface area (Å²) in [7, 11) is 0. The summed E-state index contributed by atoms with van der Waals surface area (Å²) < 4.78 is 1.73. The molecule has 0 aliphatic carbocycles. The topological polar surface area (TPSA) is 85.6 Å². The Bertz CT molecular complexity index is 566. The van der Waals surface area contributed by atoms with Crippen LogP contribution in [-0.4, -0.2) is 36.6 Å². The van der Waals surface area contributed by atoms with E-state index in [1.54, 1.807) is 24.1 Å². The minimum Gasteiger partial charge on any atom is -0.350 e. The van der Waals surface area contributed by atoms with Crippen molar-refractivity contribution in [2.45, 2.75) is 33.4 Å². The van der Waals surface area contributed by atoms with Gasteiger partial charge in [-0.15, -0.1) is 0 Å². The first-order valence-corrected chi connectivity index (χ1v) is 6.00. The number of Topliss-reactive ketones (excluding diaryl/α,β-unsaturated/α-hetero) is 1. The van der Waals surface area contributed by atoms with Crippen molar-refractivity contribution in [3.63, 3.8) is 0 Å². The molecule has 2 heterocycles. The van der Waals surface area contributed by atoms with Crippen LogP contribution in [0.25, 0.3) is 0 Å². The molecule has 2 aromatic heterocycles. The Labute approximate surface area is 111 Å². The predicted molar refractivity (Wildman–Crippen MR) is 69.9 cm³/mol. The van der Waals surface area contributed by atoms with E-state index in [0.29, 0.717) is 23.8 Å². The Morgan fingerprint density at radius 1 is 1.53 bits per heavy atom. The van der Waals surface area contributed by atoms with E-state index in [9.17, 15) is 4.79 Å². The molecule has 0 saturated carbocycles. The lowest BCUT2D eigenvalue weighted by atomic mass is 10.2. The molecule has 0 radical (unpaired) electrons. The van der Waals surface area contributed by atoms with Crippen molar-refractivity contribution in [2.75, 3.05) is 5.32 Å². The maximum Gasteiger partial charge on any atom is 0.223 e. The third-order valence-electron chi connectivity index (χ3n) is 2.66. The van der Waals surface area contributed by atoms with Crippen LogP contribution in [-0.2, 0) is 6.54 Å². The van der Waals surface area contributed by atoms with Crippen molar-refractivity contribution in [1.29, 1.82) is 0 Å². The molecule has 7 nitrogen and oxygen atoms in total. The zero-order chi connectivity index (χ0) is 13.8. The first-order chi connectivity index (χ1) is 9.06. The van der Waals surface area contributed by atoms with Crippen molar-refractivity contribution in [1.82, 2.24) is 24.7 Å². The molecule has 7 heteroatoms. The van der Waals surface area contributed by atoms with E-state index in [-0.39, 0.29) is 11.8 Å². The molecular weight excluding hydrogens is 244 g/mol. The number of carbonyl (C=O) groups excluding carboxylic acids is 1. The normalized spacial score (nSPS) is 12.2. The van der Waals surface area contributed by atoms with Gasteiger partial charge in [0.2, 0.25) is 5.95 Å². The van der Waals surface area contributed by atoms with Gasteiger partial charge in [0.25, 0.3) is 0 Å². The second kappa shape index (κ2) is 5.55. The van der Waals surface area contributed by atoms with Gasteiger partial charge in [0.05, 0.1) is 17.8 Å². The molecule has 100 valence electrons. The fourth-order valence-corrected chi connectivity index (χ4v) is 1.76. The van der Waals surface area contributed by atoms with E-state index in [1.165, 1.54) is 13.3 Å². The summed E-state index contributed by atoms with van der Waals surface area (Å²) in [5, 5.41) is 7.20. The number of rotatable bonds is 5. The van der Waals surface area contributed by atoms with Crippen molar-refractivity contribution in [3.8, 4) is 0 Å². The highest BCUT2D eigenvalue weighted by molar-refractivity contribution is 5.94. The molecule has 0 bridgehead atoms. The highest BCUT2D eigenvalue weighted by atomic mass is 16.1. The highest BCUT2D eigenvalue weighted by Crippen LogP contribution is 2.08. The highest BCUT2D eigenvalue weighted by Gasteiger charge is 2.09. The summed E-state index contributed by atoms with van der Waals surface area (Å²) in [6, 6.07) is 0.101. The summed E-state index contributed by atoms with van der Waals surface area (Å²) in [5.74, 6) is 0.481. The molecule has 0 unspecified atom stereocenters. The Morgan fingerprint density at radius 3 is 2.89 bits per heavy atom. The number of nitrogens with zero attached hydrogens (tertiary/aromatic N) is 5. The van der Waals surface area contributed by atoms with Crippen LogP contribution >= 0.6 is 0 Å². The molecule has 0 amide bonds. The van der Waals surface area contributed by atoms with Crippen molar-refractivity contribution in [2.24, 2.45) is 0 Å². The third kappa shape index (κ3) is 3.34. The van der Waals surface area contributed by atoms with Crippen molar-refractivity contribution >= 4 is 11.7 Å². The Balaban J connectivity index is 2.03. The second-order valence-corrected chi connectivity index (χ2v) is 4.41. The zero-order valence-electron chi connectivity index (χ0n) is 11.2. The van der Waals surface area contributed by atoms with E-state index in [4.69, 9.17) is 0 Å². The molecule has 0 fully saturated rings. The minimum absolute atomic E-state index is 0.0280. The summed E-state index contributed by atoms with van der Waals surface area (Å²) in [5.41, 5.74) is 1.23. The largest absolute Gasteiger partial charge is 0.350 e. The Kier molecular flexibility index (Phi) is 3.84. The lowest BCUT2D eigenvalue weighted by molar-refractivity contribution is 0.101. The minimum atomic E-state index is -0.0280. The first-order valence-electron chi connectivity index (χ1n) is 6.00. The Morgan fingerprint density at radius 2 is 2.32 bits per heavy atom. The summed E-state index contributed by atoms with van der Waals surface area (Å²) >= 11 is 0. The van der Waals surface area contributed by atoms with Gasteiger partial charge < -0.3 is 5.32 Å². The maximum absolute atomic E-state index is 11.3. The number of hydrogen-bond acceptors (Lipinski definition) is 6. The van der Waals surface area contributed by atoms with E-state index >= 15 is 0 Å². The first kappa shape index (κ1) is 13.1. The second-order valence-electron chi connectivity index (χ2n) is 4.41. The van der Waals surface area contributed by atoms with Gasteiger partial charge in [-0.05, 0) is 20.8 Å². The van der Waals surface area contributed by atoms with Crippen LogP contribution in [0.1, 0.15) is 29.9 Å². The molecule has 0 aliphatic heterocycles. The fraction of sp³-hybridized carbons (Fsp3) is 0.417. The molecule has 1 N–H and O–H groups in total. The van der Waals surface area contributed by atoms with Crippen LogP contribution in [0.2, 0.25) is 0 Å². The van der Waals surface area contributed by atoms with Gasteiger partial charge in [-0.3, -0.25) is 9.48 Å². The van der Waals surface area contributed by atoms with Crippen LogP contribution in [0.3, 0.4) is 0 Å². The van der Waals surface area contributed by atoms with Crippen molar-refractivity contribution < 1.29 is 4.79 Å². The molecule has 0 spiro atoms. The van der Waals surface area contributed by atoms with Gasteiger partial charge in [-0.25, -0.2) is 15.0 Å². The maximum atomic E-state index is 11.3. The molecular formula is C12H16N6O. The van der Waals surface area contributed by atoms with Gasteiger partial charge in [0.15, 0.2) is 5.78 Å². The molecule has 19 heavy (non-hydrogen) atoms. The van der Waals surface area contributed by atoms with Crippen LogP contribution in [0.5, 0.6) is 0 Å². The number of carbonyl (C=O) groups is 1. The molecule has 2 aromatic rings. The monoisotopic (exact) mass is 260 g/mol. The third-order valence-corrected chi connectivity index (χ3v) is 2.66. The quantitative estimate of drug-likeness (QED) is 0.810. The molecule has 2 rings (SSSR count). The smallest absolute Gasteiger partial charge is 0.223 e. The molecule has 0 aliphatic rings. The lowest BCUT2D eigenvalue weighted by Gasteiger charge is -2.14. The van der Waals surface area contributed by atoms with Gasteiger partial charge in [0, 0.05) is 12.2 Å². The summed E-state index contributed by atoms with van der Waals surface area (Å²) in [6.45, 7) is 5.97. The fourth-order valence-electron chi connectivity index (χ4n) is 1.76. The van der Waals surface area contributed by atoms with Crippen LogP contribution in [0.4, 0.5) is 5.95 Å². The lowest BCUT2D eigenvalue weighted by Crippen LogP contribution is -2.23. The van der Waals surface area contributed by atoms with Crippen LogP contribution in [0, 0.1) is 6.92 Å². The van der Waals surface area contributed by atoms with Crippen LogP contribution < -0.4 is 5.32 Å². The SMILES string of the molecule is CC(=O)c1cnc(N[C@@H](C)Cn2cncn2)nc1C. The summed E-state index contributed by atoms with van der Waals surface area (Å²) in [4.78, 5) is 23.6. The van der Waals surface area contributed by atoms with E-state index in [2.05, 4.69) is 25.4 Å². The molecule has 0 aromatic carbocycles. The Hall–Kier alpha value is -2.31. The molecule has 1 atom stereocenters. The van der Waals surface area contributed by atoms with E-state index in [1.807, 2.05) is 6.92 Å². The number of hydrogen-bond donors (Lipinski definition) is 1. The number of aromatic nitrogens is 5. The number of nitrogens with one attached hydrogen (secondary N) is 1. The average Bonchev–Trinajstić information content (AvgIpc) is 2.81. The average molecular weight is 260 g/mol. The zero-order valence-corrected chi connectivity index (χ0v) is 11.2. The van der Waals surface area contributed by atoms with Gasteiger partial charge >= 0.3 is 0 Å². The van der Waals surface area contributed by atoms with Crippen LogP contribution in [0.15, 0.2) is 18.9 Å². The number of ketones is 1. The number of anilines is 1. The van der Waals surface area contributed by atoms with Crippen molar-refractivity contribution in [3.05, 3.63) is 30.1 Å².